The summed E-state index contributed by atoms with van der Waals surface area (Å²) in [6.45, 7) is 0. The number of benzene rings is 1. The maximum absolute atomic E-state index is 11.3. The van der Waals surface area contributed by atoms with E-state index in [0.29, 0.717) is 16.2 Å². The van der Waals surface area contributed by atoms with Crippen LogP contribution in [0, 0.1) is 0 Å². The second-order valence-electron chi connectivity index (χ2n) is 3.65. The zero-order valence-corrected chi connectivity index (χ0v) is 10.4. The number of nitrogens with zero attached hydrogens (tertiary/aromatic N) is 3. The van der Waals surface area contributed by atoms with Gasteiger partial charge in [-0.2, -0.15) is 9.61 Å². The van der Waals surface area contributed by atoms with Crippen molar-refractivity contribution in [2.45, 2.75) is 0 Å². The molecule has 1 aromatic carbocycles. The predicted molar refractivity (Wildman–Crippen MR) is 69.1 cm³/mol. The van der Waals surface area contributed by atoms with Gasteiger partial charge >= 0.3 is 5.69 Å². The molecule has 2 aromatic heterocycles. The summed E-state index contributed by atoms with van der Waals surface area (Å²) < 4.78 is 1.11. The summed E-state index contributed by atoms with van der Waals surface area (Å²) in [5, 5.41) is 11.0. The Balaban J connectivity index is 2.25. The summed E-state index contributed by atoms with van der Waals surface area (Å²) >= 11 is 11.9. The maximum atomic E-state index is 11.3. The van der Waals surface area contributed by atoms with Crippen LogP contribution in [0.3, 0.4) is 0 Å². The number of hydrogen-bond donors (Lipinski definition) is 1. The van der Waals surface area contributed by atoms with Crippen LogP contribution in [0.4, 0.5) is 0 Å². The maximum Gasteiger partial charge on any atom is 0.364 e. The molecule has 7 heteroatoms. The van der Waals surface area contributed by atoms with Crippen LogP contribution < -0.4 is 5.69 Å². The summed E-state index contributed by atoms with van der Waals surface area (Å²) in [6, 6.07) is 8.86. The molecule has 0 aliphatic rings. The van der Waals surface area contributed by atoms with Gasteiger partial charge in [-0.15, -0.1) is 5.10 Å². The molecule has 0 saturated heterocycles. The molecule has 0 spiro atoms. The number of hydrogen-bond acceptors (Lipinski definition) is 3. The first-order valence-electron chi connectivity index (χ1n) is 5.05. The fourth-order valence-electron chi connectivity index (χ4n) is 1.66. The van der Waals surface area contributed by atoms with Gasteiger partial charge in [-0.3, -0.25) is 0 Å². The van der Waals surface area contributed by atoms with E-state index in [1.165, 1.54) is 0 Å². The quantitative estimate of drug-likeness (QED) is 0.745. The molecule has 2 heterocycles. The number of nitrogens with one attached hydrogen (secondary N) is 1. The largest absolute Gasteiger partial charge is 0.364 e. The Kier molecular flexibility index (Phi) is 2.57. The molecule has 3 rings (SSSR count). The van der Waals surface area contributed by atoms with Gasteiger partial charge in [0.25, 0.3) is 0 Å². The third-order valence-electron chi connectivity index (χ3n) is 2.51. The molecule has 3 aromatic rings. The van der Waals surface area contributed by atoms with E-state index in [-0.39, 0.29) is 5.15 Å². The van der Waals surface area contributed by atoms with Crippen LogP contribution in [0.2, 0.25) is 10.2 Å². The number of rotatable bonds is 1. The van der Waals surface area contributed by atoms with Gasteiger partial charge < -0.3 is 0 Å². The van der Waals surface area contributed by atoms with E-state index in [1.54, 1.807) is 18.2 Å². The Morgan fingerprint density at radius 3 is 2.61 bits per heavy atom. The zero-order chi connectivity index (χ0) is 12.7. The molecule has 0 atom stereocenters. The lowest BCUT2D eigenvalue weighted by molar-refractivity contribution is 0.881. The van der Waals surface area contributed by atoms with Crippen molar-refractivity contribution in [2.24, 2.45) is 0 Å². The summed E-state index contributed by atoms with van der Waals surface area (Å²) in [5.74, 6) is 0. The highest BCUT2D eigenvalue weighted by molar-refractivity contribution is 6.32. The molecule has 0 amide bonds. The van der Waals surface area contributed by atoms with Gasteiger partial charge in [0, 0.05) is 10.6 Å². The van der Waals surface area contributed by atoms with Gasteiger partial charge in [0.2, 0.25) is 0 Å². The molecule has 5 nitrogen and oxygen atoms in total. The van der Waals surface area contributed by atoms with Gasteiger partial charge in [0.1, 0.15) is 0 Å². The molecule has 0 aliphatic heterocycles. The fraction of sp³-hybridized carbons (Fsp3) is 0. The predicted octanol–water partition coefficient (Wildman–Crippen LogP) is 2.39. The van der Waals surface area contributed by atoms with Crippen LogP contribution >= 0.6 is 23.2 Å². The van der Waals surface area contributed by atoms with Crippen molar-refractivity contribution in [1.29, 1.82) is 0 Å². The Bertz CT molecular complexity index is 776. The van der Waals surface area contributed by atoms with Crippen LogP contribution in [-0.4, -0.2) is 19.8 Å². The van der Waals surface area contributed by atoms with Gasteiger partial charge in [-0.1, -0.05) is 35.3 Å². The summed E-state index contributed by atoms with van der Waals surface area (Å²) in [7, 11) is 0. The highest BCUT2D eigenvalue weighted by Gasteiger charge is 2.10. The highest BCUT2D eigenvalue weighted by Crippen LogP contribution is 2.27. The minimum Gasteiger partial charge on any atom is -0.244 e. The lowest BCUT2D eigenvalue weighted by Gasteiger charge is -2.03. The molecule has 0 bridgehead atoms. The highest BCUT2D eigenvalue weighted by atomic mass is 35.5. The van der Waals surface area contributed by atoms with E-state index in [4.69, 9.17) is 23.2 Å². The minimum atomic E-state index is -0.422. The molecule has 18 heavy (non-hydrogen) atoms. The van der Waals surface area contributed by atoms with Crippen molar-refractivity contribution >= 4 is 28.8 Å². The van der Waals surface area contributed by atoms with Crippen LogP contribution in [0.1, 0.15) is 0 Å². The van der Waals surface area contributed by atoms with Gasteiger partial charge in [-0.25, -0.2) is 9.89 Å². The molecule has 0 fully saturated rings. The molecule has 90 valence electrons. The molecular formula is C11H6Cl2N4O. The average Bonchev–Trinajstić information content (AvgIpc) is 2.71. The second-order valence-corrected chi connectivity index (χ2v) is 4.45. The van der Waals surface area contributed by atoms with Gasteiger partial charge in [0.15, 0.2) is 10.8 Å². The standard InChI is InChI=1S/C11H6Cl2N4O/c12-7-3-1-6(2-4-7)8-5-9-14-15-11(18)17(9)16-10(8)13/h1-5H,(H,15,18). The van der Waals surface area contributed by atoms with E-state index in [1.807, 2.05) is 12.1 Å². The Labute approximate surface area is 111 Å². The smallest absolute Gasteiger partial charge is 0.244 e. The van der Waals surface area contributed by atoms with Crippen LogP contribution in [0.25, 0.3) is 16.8 Å². The monoisotopic (exact) mass is 280 g/mol. The average molecular weight is 281 g/mol. The third kappa shape index (κ3) is 1.77. The summed E-state index contributed by atoms with van der Waals surface area (Å²) in [4.78, 5) is 11.3. The Morgan fingerprint density at radius 2 is 1.89 bits per heavy atom. The van der Waals surface area contributed by atoms with E-state index in [2.05, 4.69) is 15.3 Å². The zero-order valence-electron chi connectivity index (χ0n) is 8.89. The summed E-state index contributed by atoms with van der Waals surface area (Å²) in [5.41, 5.74) is 1.54. The van der Waals surface area contributed by atoms with Crippen molar-refractivity contribution in [3.63, 3.8) is 0 Å². The minimum absolute atomic E-state index is 0.230. The molecule has 0 saturated carbocycles. The van der Waals surface area contributed by atoms with E-state index in [0.717, 1.165) is 10.1 Å². The number of aromatic nitrogens is 4. The number of aromatic amines is 1. The van der Waals surface area contributed by atoms with Crippen molar-refractivity contribution in [3.05, 3.63) is 51.0 Å². The number of fused-ring (bicyclic) bond motifs is 1. The first kappa shape index (κ1) is 11.3. The van der Waals surface area contributed by atoms with Gasteiger partial charge in [0.05, 0.1) is 0 Å². The van der Waals surface area contributed by atoms with E-state index < -0.39 is 5.69 Å². The number of H-pyrrole nitrogens is 1. The topological polar surface area (TPSA) is 63.0 Å². The third-order valence-corrected chi connectivity index (χ3v) is 3.05. The fourth-order valence-corrected chi connectivity index (χ4v) is 2.02. The normalized spacial score (nSPS) is 11.0. The van der Waals surface area contributed by atoms with Crippen molar-refractivity contribution in [1.82, 2.24) is 19.8 Å². The molecular weight excluding hydrogens is 275 g/mol. The van der Waals surface area contributed by atoms with E-state index >= 15 is 0 Å². The van der Waals surface area contributed by atoms with Gasteiger partial charge in [-0.05, 0) is 23.8 Å². The lowest BCUT2D eigenvalue weighted by atomic mass is 10.1. The Hall–Kier alpha value is -1.85. The first-order chi connectivity index (χ1) is 8.65. The van der Waals surface area contributed by atoms with E-state index in [9.17, 15) is 4.79 Å². The van der Waals surface area contributed by atoms with Crippen LogP contribution in [-0.2, 0) is 0 Å². The summed E-state index contributed by atoms with van der Waals surface area (Å²) in [6.07, 6.45) is 0. The molecule has 1 N–H and O–H groups in total. The molecule has 0 aliphatic carbocycles. The van der Waals surface area contributed by atoms with Crippen molar-refractivity contribution in [3.8, 4) is 11.1 Å². The van der Waals surface area contributed by atoms with Crippen molar-refractivity contribution < 1.29 is 0 Å². The van der Waals surface area contributed by atoms with Crippen LogP contribution in [0.5, 0.6) is 0 Å². The number of halogens is 2. The molecule has 0 radical (unpaired) electrons. The Morgan fingerprint density at radius 1 is 1.17 bits per heavy atom. The molecule has 0 unspecified atom stereocenters. The first-order valence-corrected chi connectivity index (χ1v) is 5.80. The van der Waals surface area contributed by atoms with Crippen molar-refractivity contribution in [2.75, 3.05) is 0 Å². The lowest BCUT2D eigenvalue weighted by Crippen LogP contribution is -2.12. The second kappa shape index (κ2) is 4.12. The SMILES string of the molecule is O=c1[nH]nc2cc(-c3ccc(Cl)cc3)c(Cl)nn12. The van der Waals surface area contributed by atoms with Crippen LogP contribution in [0.15, 0.2) is 35.1 Å².